The molecule has 0 radical (unpaired) electrons. The number of pyridine rings is 1. The lowest BCUT2D eigenvalue weighted by atomic mass is 10.2. The molecule has 2 N–H and O–H groups in total. The van der Waals surface area contributed by atoms with Crippen LogP contribution in [0.1, 0.15) is 0 Å². The van der Waals surface area contributed by atoms with Gasteiger partial charge in [-0.3, -0.25) is 0 Å². The van der Waals surface area contributed by atoms with Crippen molar-refractivity contribution in [3.05, 3.63) is 30.3 Å². The van der Waals surface area contributed by atoms with E-state index in [1.54, 1.807) is 18.2 Å². The van der Waals surface area contributed by atoms with Gasteiger partial charge in [0.2, 0.25) is 0 Å². The fourth-order valence-corrected chi connectivity index (χ4v) is 2.67. The monoisotopic (exact) mass is 282 g/mol. The van der Waals surface area contributed by atoms with Crippen LogP contribution in [0.15, 0.2) is 35.4 Å². The molecule has 0 saturated heterocycles. The van der Waals surface area contributed by atoms with E-state index in [-0.39, 0.29) is 18.2 Å². The molecule has 6 nitrogen and oxygen atoms in total. The maximum atomic E-state index is 12.0. The fourth-order valence-electron chi connectivity index (χ4n) is 1.68. The number of benzene rings is 1. The molecule has 1 aromatic heterocycles. The number of ether oxygens (including phenoxy) is 1. The summed E-state index contributed by atoms with van der Waals surface area (Å²) in [7, 11) is -2.28. The molecule has 0 unspecified atom stereocenters. The molecule has 102 valence electrons. The van der Waals surface area contributed by atoms with Gasteiger partial charge in [0, 0.05) is 18.0 Å². The van der Waals surface area contributed by atoms with E-state index in [0.29, 0.717) is 11.3 Å². The highest BCUT2D eigenvalue weighted by atomic mass is 32.2. The van der Waals surface area contributed by atoms with Crippen LogP contribution in [0.5, 0.6) is 5.75 Å². The third kappa shape index (κ3) is 2.83. The van der Waals surface area contributed by atoms with Crippen LogP contribution in [0.2, 0.25) is 0 Å². The van der Waals surface area contributed by atoms with Gasteiger partial charge < -0.3 is 9.84 Å². The highest BCUT2D eigenvalue weighted by Crippen LogP contribution is 2.26. The van der Waals surface area contributed by atoms with E-state index in [1.807, 2.05) is 6.07 Å². The summed E-state index contributed by atoms with van der Waals surface area (Å²) in [4.78, 5) is 4.10. The van der Waals surface area contributed by atoms with Crippen molar-refractivity contribution in [3.8, 4) is 5.75 Å². The molecular formula is C12H14N2O4S. The summed E-state index contributed by atoms with van der Waals surface area (Å²) in [5.41, 5.74) is 0.534. The second kappa shape index (κ2) is 5.52. The van der Waals surface area contributed by atoms with Crippen molar-refractivity contribution >= 4 is 20.9 Å². The van der Waals surface area contributed by atoms with Gasteiger partial charge in [-0.2, -0.15) is 0 Å². The van der Waals surface area contributed by atoms with Crippen LogP contribution >= 0.6 is 0 Å². The van der Waals surface area contributed by atoms with Crippen molar-refractivity contribution in [3.63, 3.8) is 0 Å². The van der Waals surface area contributed by atoms with Crippen molar-refractivity contribution in [1.29, 1.82) is 0 Å². The van der Waals surface area contributed by atoms with E-state index in [4.69, 9.17) is 9.84 Å². The van der Waals surface area contributed by atoms with Crippen LogP contribution in [-0.2, 0) is 10.0 Å². The van der Waals surface area contributed by atoms with Crippen molar-refractivity contribution in [2.24, 2.45) is 0 Å². The van der Waals surface area contributed by atoms with Gasteiger partial charge in [-0.05, 0) is 12.1 Å². The molecule has 7 heteroatoms. The Labute approximate surface area is 111 Å². The van der Waals surface area contributed by atoms with E-state index in [0.717, 1.165) is 5.39 Å². The minimum Gasteiger partial charge on any atom is -0.496 e. The van der Waals surface area contributed by atoms with Crippen LogP contribution in [-0.4, -0.2) is 38.8 Å². The molecule has 0 saturated carbocycles. The smallest absolute Gasteiger partial charge is 0.258 e. The first-order valence-electron chi connectivity index (χ1n) is 5.63. The molecule has 2 aromatic rings. The predicted molar refractivity (Wildman–Crippen MR) is 70.6 cm³/mol. The number of rotatable bonds is 5. The largest absolute Gasteiger partial charge is 0.496 e. The molecule has 19 heavy (non-hydrogen) atoms. The van der Waals surface area contributed by atoms with Crippen LogP contribution in [0.4, 0.5) is 0 Å². The minimum atomic E-state index is -3.75. The number of para-hydroxylation sites is 1. The van der Waals surface area contributed by atoms with Gasteiger partial charge in [0.1, 0.15) is 5.75 Å². The number of sulfonamides is 1. The number of fused-ring (bicyclic) bond motifs is 1. The normalized spacial score (nSPS) is 11.7. The van der Waals surface area contributed by atoms with Crippen molar-refractivity contribution < 1.29 is 18.3 Å². The third-order valence-electron chi connectivity index (χ3n) is 2.55. The van der Waals surface area contributed by atoms with Crippen LogP contribution < -0.4 is 9.46 Å². The molecule has 0 atom stereocenters. The number of aliphatic hydroxyl groups is 1. The summed E-state index contributed by atoms with van der Waals surface area (Å²) in [5.74, 6) is 0.440. The SMILES string of the molecule is COc1cc(S(=O)(=O)NCCO)nc2ccccc12. The number of methoxy groups -OCH3 is 1. The van der Waals surface area contributed by atoms with Crippen molar-refractivity contribution in [2.45, 2.75) is 5.03 Å². The zero-order valence-corrected chi connectivity index (χ0v) is 11.1. The number of nitrogens with one attached hydrogen (secondary N) is 1. The first kappa shape index (κ1) is 13.7. The Kier molecular flexibility index (Phi) is 3.98. The molecule has 2 rings (SSSR count). The molecule has 0 fully saturated rings. The number of hydrogen-bond donors (Lipinski definition) is 2. The molecule has 0 aliphatic carbocycles. The standard InChI is InChI=1S/C12H14N2O4S/c1-18-11-8-12(19(16,17)13-6-7-15)14-10-5-3-2-4-9(10)11/h2-5,8,13,15H,6-7H2,1H3. The Morgan fingerprint density at radius 2 is 2.11 bits per heavy atom. The second-order valence-electron chi connectivity index (χ2n) is 3.80. The van der Waals surface area contributed by atoms with Gasteiger partial charge in [0.15, 0.2) is 5.03 Å². The lowest BCUT2D eigenvalue weighted by Crippen LogP contribution is -2.27. The van der Waals surface area contributed by atoms with E-state index in [2.05, 4.69) is 9.71 Å². The molecular weight excluding hydrogens is 268 g/mol. The van der Waals surface area contributed by atoms with E-state index in [9.17, 15) is 8.42 Å². The average Bonchev–Trinajstić information content (AvgIpc) is 2.44. The molecule has 1 heterocycles. The molecule has 1 aromatic carbocycles. The van der Waals surface area contributed by atoms with Gasteiger partial charge in [-0.15, -0.1) is 0 Å². The summed E-state index contributed by atoms with van der Waals surface area (Å²) in [6.07, 6.45) is 0. The minimum absolute atomic E-state index is 0.0564. The van der Waals surface area contributed by atoms with Gasteiger partial charge in [0.05, 0.1) is 19.2 Å². The van der Waals surface area contributed by atoms with Crippen LogP contribution in [0, 0.1) is 0 Å². The lowest BCUT2D eigenvalue weighted by Gasteiger charge is -2.09. The van der Waals surface area contributed by atoms with Crippen molar-refractivity contribution in [2.75, 3.05) is 20.3 Å². The van der Waals surface area contributed by atoms with Crippen molar-refractivity contribution in [1.82, 2.24) is 9.71 Å². The number of hydrogen-bond acceptors (Lipinski definition) is 5. The van der Waals surface area contributed by atoms with Gasteiger partial charge >= 0.3 is 0 Å². The highest BCUT2D eigenvalue weighted by molar-refractivity contribution is 7.89. The third-order valence-corrected chi connectivity index (χ3v) is 3.90. The molecule has 0 bridgehead atoms. The topological polar surface area (TPSA) is 88.5 Å². The molecule has 0 amide bonds. The second-order valence-corrected chi connectivity index (χ2v) is 5.52. The Bertz CT molecular complexity index is 685. The summed E-state index contributed by atoms with van der Waals surface area (Å²) in [6, 6.07) is 8.47. The quantitative estimate of drug-likeness (QED) is 0.834. The maximum Gasteiger partial charge on any atom is 0.258 e. The maximum absolute atomic E-state index is 12.0. The first-order chi connectivity index (χ1) is 9.08. The fraction of sp³-hybridized carbons (Fsp3) is 0.250. The zero-order chi connectivity index (χ0) is 13.9. The van der Waals surface area contributed by atoms with Gasteiger partial charge in [0.25, 0.3) is 10.0 Å². The van der Waals surface area contributed by atoms with Crippen LogP contribution in [0.3, 0.4) is 0 Å². The average molecular weight is 282 g/mol. The zero-order valence-electron chi connectivity index (χ0n) is 10.3. The summed E-state index contributed by atoms with van der Waals surface area (Å²) >= 11 is 0. The molecule has 0 aliphatic heterocycles. The highest BCUT2D eigenvalue weighted by Gasteiger charge is 2.18. The summed E-state index contributed by atoms with van der Waals surface area (Å²) < 4.78 is 31.4. The number of aromatic nitrogens is 1. The Morgan fingerprint density at radius 3 is 2.79 bits per heavy atom. The summed E-state index contributed by atoms with van der Waals surface area (Å²) in [6.45, 7) is -0.330. The van der Waals surface area contributed by atoms with Gasteiger partial charge in [-0.25, -0.2) is 18.1 Å². The lowest BCUT2D eigenvalue weighted by molar-refractivity contribution is 0.301. The number of aliphatic hydroxyl groups excluding tert-OH is 1. The van der Waals surface area contributed by atoms with Crippen LogP contribution in [0.25, 0.3) is 10.9 Å². The van der Waals surface area contributed by atoms with E-state index < -0.39 is 10.0 Å². The molecule has 0 aliphatic rings. The number of nitrogens with zero attached hydrogens (tertiary/aromatic N) is 1. The Balaban J connectivity index is 2.56. The molecule has 0 spiro atoms. The summed E-state index contributed by atoms with van der Waals surface area (Å²) in [5, 5.41) is 9.29. The Hall–Kier alpha value is -1.70. The van der Waals surface area contributed by atoms with E-state index in [1.165, 1.54) is 13.2 Å². The predicted octanol–water partition coefficient (Wildman–Crippen LogP) is 0.514. The van der Waals surface area contributed by atoms with Gasteiger partial charge in [-0.1, -0.05) is 12.1 Å². The van der Waals surface area contributed by atoms with E-state index >= 15 is 0 Å². The first-order valence-corrected chi connectivity index (χ1v) is 7.11. The Morgan fingerprint density at radius 1 is 1.37 bits per heavy atom.